The summed E-state index contributed by atoms with van der Waals surface area (Å²) in [4.78, 5) is 1.81. The van der Waals surface area contributed by atoms with E-state index in [0.717, 1.165) is 12.2 Å². The molecule has 0 atom stereocenters. The summed E-state index contributed by atoms with van der Waals surface area (Å²) in [6.07, 6.45) is 0.853. The van der Waals surface area contributed by atoms with Gasteiger partial charge in [-0.1, -0.05) is 0 Å². The van der Waals surface area contributed by atoms with Gasteiger partial charge >= 0.3 is 103 Å². The van der Waals surface area contributed by atoms with Gasteiger partial charge in [0.1, 0.15) is 0 Å². The molecule has 0 bridgehead atoms. The zero-order valence-corrected chi connectivity index (χ0v) is 10.2. The van der Waals surface area contributed by atoms with Crippen molar-refractivity contribution in [3.05, 3.63) is 42.0 Å². The summed E-state index contributed by atoms with van der Waals surface area (Å²) in [6.45, 7) is 2.78. The molecule has 0 unspecified atom stereocenters. The van der Waals surface area contributed by atoms with Crippen molar-refractivity contribution in [1.82, 2.24) is 0 Å². The van der Waals surface area contributed by atoms with E-state index < -0.39 is 0 Å². The Morgan fingerprint density at radius 3 is 2.81 bits per heavy atom. The third-order valence-corrected chi connectivity index (χ3v) is 2.92. The van der Waals surface area contributed by atoms with E-state index >= 15 is 0 Å². The van der Waals surface area contributed by atoms with Crippen LogP contribution in [0.25, 0.3) is 10.8 Å². The maximum absolute atomic E-state index is 5.70. The van der Waals surface area contributed by atoms with Crippen LogP contribution >= 0.6 is 0 Å². The molecular weight excluding hydrogens is 243 g/mol. The number of fused-ring (bicyclic) bond motifs is 1. The van der Waals surface area contributed by atoms with Crippen LogP contribution in [0.2, 0.25) is 0 Å². The van der Waals surface area contributed by atoms with Gasteiger partial charge in [0, 0.05) is 0 Å². The molecule has 16 heavy (non-hydrogen) atoms. The Bertz CT molecular complexity index is 505. The predicted molar refractivity (Wildman–Crippen MR) is 64.9 cm³/mol. The molecule has 0 heterocycles. The van der Waals surface area contributed by atoms with Gasteiger partial charge in [0.05, 0.1) is 0 Å². The van der Waals surface area contributed by atoms with Crippen LogP contribution in [-0.2, 0) is 15.3 Å². The first kappa shape index (κ1) is 11.4. The molecule has 2 heteroatoms. The molecule has 0 fully saturated rings. The quantitative estimate of drug-likeness (QED) is 0.764. The molecule has 0 aliphatic heterocycles. The van der Waals surface area contributed by atoms with Gasteiger partial charge in [0.25, 0.3) is 0 Å². The summed E-state index contributed by atoms with van der Waals surface area (Å²) in [5.41, 5.74) is 1.21. The van der Waals surface area contributed by atoms with E-state index in [9.17, 15) is 0 Å². The van der Waals surface area contributed by atoms with Crippen LogP contribution in [0.5, 0.6) is 5.75 Å². The molecule has 0 saturated heterocycles. The van der Waals surface area contributed by atoms with Crippen LogP contribution in [0.4, 0.5) is 0 Å². The molecule has 0 N–H and O–H groups in total. The van der Waals surface area contributed by atoms with Gasteiger partial charge in [0.2, 0.25) is 0 Å². The first-order valence-electron chi connectivity index (χ1n) is 5.33. The molecule has 0 radical (unpaired) electrons. The van der Waals surface area contributed by atoms with Crippen molar-refractivity contribution in [1.29, 1.82) is 0 Å². The fourth-order valence-electron chi connectivity index (χ4n) is 1.77. The van der Waals surface area contributed by atoms with Crippen molar-refractivity contribution in [3.63, 3.8) is 0 Å². The fourth-order valence-corrected chi connectivity index (χ4v) is 1.89. The molecular formula is C14H14CoO. The van der Waals surface area contributed by atoms with Gasteiger partial charge in [-0.15, -0.1) is 0 Å². The van der Waals surface area contributed by atoms with Gasteiger partial charge in [-0.05, 0) is 0 Å². The van der Waals surface area contributed by atoms with E-state index in [0.29, 0.717) is 6.61 Å². The van der Waals surface area contributed by atoms with E-state index in [4.69, 9.17) is 4.74 Å². The molecule has 2 aromatic carbocycles. The molecule has 1 nitrogen and oxygen atoms in total. The number of rotatable bonds is 4. The average molecular weight is 257 g/mol. The minimum atomic E-state index is 0.681. The zero-order valence-electron chi connectivity index (χ0n) is 9.20. The van der Waals surface area contributed by atoms with Crippen LogP contribution in [0.15, 0.2) is 36.4 Å². The normalized spacial score (nSPS) is 10.4. The fraction of sp³-hybridized carbons (Fsp3) is 0.214. The van der Waals surface area contributed by atoms with Crippen LogP contribution in [0.1, 0.15) is 12.0 Å². The molecule has 0 aliphatic carbocycles. The number of benzene rings is 2. The van der Waals surface area contributed by atoms with Gasteiger partial charge < -0.3 is 0 Å². The first-order valence-corrected chi connectivity index (χ1v) is 5.93. The molecule has 0 aromatic heterocycles. The molecule has 0 spiro atoms. The molecule has 0 amide bonds. The van der Waals surface area contributed by atoms with E-state index in [-0.39, 0.29) is 0 Å². The van der Waals surface area contributed by atoms with Gasteiger partial charge in [-0.2, -0.15) is 0 Å². The summed E-state index contributed by atoms with van der Waals surface area (Å²) >= 11 is 4.09. The monoisotopic (exact) mass is 257 g/mol. The van der Waals surface area contributed by atoms with Gasteiger partial charge in [-0.3, -0.25) is 0 Å². The summed E-state index contributed by atoms with van der Waals surface area (Å²) < 4.78 is 5.70. The second kappa shape index (κ2) is 5.28. The second-order valence-electron chi connectivity index (χ2n) is 3.68. The number of ether oxygens (including phenoxy) is 1. The molecule has 2 rings (SSSR count). The topological polar surface area (TPSA) is 9.23 Å². The van der Waals surface area contributed by atoms with Crippen molar-refractivity contribution in [3.8, 4) is 5.75 Å². The second-order valence-corrected chi connectivity index (χ2v) is 4.11. The Hall–Kier alpha value is -1.12. The SMILES string of the molecule is Cc1c(OCC[CH]=[Co])ccc2ccccc12. The van der Waals surface area contributed by atoms with Crippen LogP contribution in [0, 0.1) is 6.92 Å². The molecule has 0 saturated carbocycles. The summed E-state index contributed by atoms with van der Waals surface area (Å²) in [7, 11) is 0. The predicted octanol–water partition coefficient (Wildman–Crippen LogP) is 3.27. The Kier molecular flexibility index (Phi) is 3.75. The Balaban J connectivity index is 2.33. The van der Waals surface area contributed by atoms with Crippen molar-refractivity contribution in [2.24, 2.45) is 0 Å². The van der Waals surface area contributed by atoms with E-state index in [2.05, 4.69) is 52.6 Å². The third kappa shape index (κ3) is 2.34. The Morgan fingerprint density at radius 1 is 1.19 bits per heavy atom. The van der Waals surface area contributed by atoms with Crippen LogP contribution in [-0.4, -0.2) is 11.6 Å². The van der Waals surface area contributed by atoms with Crippen LogP contribution < -0.4 is 4.74 Å². The van der Waals surface area contributed by atoms with Crippen molar-refractivity contribution in [2.45, 2.75) is 13.3 Å². The number of aryl methyl sites for hydroxylation is 1. The van der Waals surface area contributed by atoms with E-state index in [1.807, 2.05) is 11.0 Å². The first-order chi connectivity index (χ1) is 7.83. The van der Waals surface area contributed by atoms with E-state index in [1.165, 1.54) is 16.3 Å². The summed E-state index contributed by atoms with van der Waals surface area (Å²) in [6, 6.07) is 12.5. The van der Waals surface area contributed by atoms with E-state index in [1.54, 1.807) is 0 Å². The van der Waals surface area contributed by atoms with Crippen molar-refractivity contribution < 1.29 is 20.0 Å². The third-order valence-electron chi connectivity index (χ3n) is 2.62. The van der Waals surface area contributed by atoms with Gasteiger partial charge in [-0.25, -0.2) is 0 Å². The van der Waals surface area contributed by atoms with Crippen molar-refractivity contribution in [2.75, 3.05) is 6.61 Å². The zero-order chi connectivity index (χ0) is 11.4. The number of hydrogen-bond acceptors (Lipinski definition) is 1. The average Bonchev–Trinajstić information content (AvgIpc) is 2.33. The molecule has 85 valence electrons. The Labute approximate surface area is 104 Å². The van der Waals surface area contributed by atoms with Crippen LogP contribution in [0.3, 0.4) is 0 Å². The molecule has 2 aromatic rings. The molecule has 0 aliphatic rings. The summed E-state index contributed by atoms with van der Waals surface area (Å²) in [5, 5.41) is 2.52. The maximum atomic E-state index is 5.70. The standard InChI is InChI=1S/C14H14O.Co/c1-3-10-15-14-9-8-12-6-4-5-7-13(12)11(14)2;/h1,4-9H,3,10H2,2H3;. The summed E-state index contributed by atoms with van der Waals surface area (Å²) in [5.74, 6) is 0.966. The Morgan fingerprint density at radius 2 is 2.00 bits per heavy atom. The van der Waals surface area contributed by atoms with Crippen molar-refractivity contribution >= 4 is 15.7 Å². The van der Waals surface area contributed by atoms with Gasteiger partial charge in [0.15, 0.2) is 0 Å². The number of hydrogen-bond donors (Lipinski definition) is 0. The minimum absolute atomic E-state index is 0.681.